The van der Waals surface area contributed by atoms with E-state index in [-0.39, 0.29) is 29.4 Å². The number of nitrogens with zero attached hydrogens (tertiary/aromatic N) is 1. The van der Waals surface area contributed by atoms with E-state index < -0.39 is 27.7 Å². The van der Waals surface area contributed by atoms with E-state index in [9.17, 15) is 26.4 Å². The van der Waals surface area contributed by atoms with Gasteiger partial charge in [-0.15, -0.1) is 0 Å². The Hall–Kier alpha value is -2.88. The van der Waals surface area contributed by atoms with E-state index in [4.69, 9.17) is 0 Å². The summed E-state index contributed by atoms with van der Waals surface area (Å²) in [7, 11) is -3.70. The third-order valence-corrected chi connectivity index (χ3v) is 5.18. The quantitative estimate of drug-likeness (QED) is 0.828. The molecule has 0 atom stereocenters. The largest absolute Gasteiger partial charge is 0.416 e. The molecule has 0 saturated carbocycles. The number of fused-ring (bicyclic) bond motifs is 1. The van der Waals surface area contributed by atoms with Crippen molar-refractivity contribution in [3.05, 3.63) is 65.2 Å². The summed E-state index contributed by atoms with van der Waals surface area (Å²) in [5.41, 5.74) is -0.146. The molecule has 10 heteroatoms. The highest BCUT2D eigenvalue weighted by Gasteiger charge is 2.31. The fourth-order valence-corrected chi connectivity index (χ4v) is 3.77. The van der Waals surface area contributed by atoms with Crippen molar-refractivity contribution in [2.45, 2.75) is 17.6 Å². The summed E-state index contributed by atoms with van der Waals surface area (Å²) in [6.07, 6.45) is -4.46. The molecule has 0 bridgehead atoms. The molecule has 2 aromatic rings. The van der Waals surface area contributed by atoms with Crippen LogP contribution in [0.15, 0.2) is 58.4 Å². The molecule has 27 heavy (non-hydrogen) atoms. The average Bonchev–Trinajstić information content (AvgIpc) is 2.89. The molecule has 0 radical (unpaired) electrons. The number of carbonyl (C=O) groups is 1. The highest BCUT2D eigenvalue weighted by molar-refractivity contribution is 7.90. The zero-order chi connectivity index (χ0) is 19.7. The lowest BCUT2D eigenvalue weighted by molar-refractivity contribution is -0.137. The van der Waals surface area contributed by atoms with E-state index in [0.717, 1.165) is 12.1 Å². The van der Waals surface area contributed by atoms with E-state index in [1.165, 1.54) is 18.2 Å². The zero-order valence-electron chi connectivity index (χ0n) is 13.7. The molecule has 0 fully saturated rings. The van der Waals surface area contributed by atoms with Gasteiger partial charge < -0.3 is 5.32 Å². The number of hydrogen-bond acceptors (Lipinski definition) is 4. The number of benzene rings is 2. The summed E-state index contributed by atoms with van der Waals surface area (Å²) in [4.78, 5) is 16.0. The van der Waals surface area contributed by atoms with Gasteiger partial charge in [0.25, 0.3) is 10.0 Å². The van der Waals surface area contributed by atoms with Gasteiger partial charge in [0.05, 0.1) is 10.5 Å². The number of amides is 1. The summed E-state index contributed by atoms with van der Waals surface area (Å²) in [6.45, 7) is -0.471. The first kappa shape index (κ1) is 18.9. The van der Waals surface area contributed by atoms with Gasteiger partial charge in [-0.3, -0.25) is 14.5 Å². The average molecular weight is 397 g/mol. The van der Waals surface area contributed by atoms with Crippen molar-refractivity contribution in [3.63, 3.8) is 0 Å². The van der Waals surface area contributed by atoms with Gasteiger partial charge in [0, 0.05) is 12.1 Å². The van der Waals surface area contributed by atoms with Crippen LogP contribution in [0.2, 0.25) is 0 Å². The molecule has 142 valence electrons. The fourth-order valence-electron chi connectivity index (χ4n) is 2.52. The second kappa shape index (κ2) is 7.03. The number of hydrogen-bond donors (Lipinski definition) is 2. The molecule has 1 amide bonds. The van der Waals surface area contributed by atoms with Gasteiger partial charge in [0.15, 0.2) is 0 Å². The first-order valence-corrected chi connectivity index (χ1v) is 9.25. The fraction of sp³-hybridized carbons (Fsp3) is 0.176. The van der Waals surface area contributed by atoms with Crippen LogP contribution < -0.4 is 10.0 Å². The number of nitrogens with one attached hydrogen (secondary N) is 2. The van der Waals surface area contributed by atoms with Crippen LogP contribution >= 0.6 is 0 Å². The molecular formula is C17H14F3N3O3S. The van der Waals surface area contributed by atoms with Crippen molar-refractivity contribution in [1.29, 1.82) is 0 Å². The Morgan fingerprint density at radius 2 is 1.85 bits per heavy atom. The number of amidine groups is 1. The molecule has 3 rings (SSSR count). The second-order valence-corrected chi connectivity index (χ2v) is 7.39. The maximum Gasteiger partial charge on any atom is 0.416 e. The van der Waals surface area contributed by atoms with Crippen LogP contribution in [-0.4, -0.2) is 26.7 Å². The standard InChI is InChI=1S/C17H14F3N3O3S/c18-17(19,20)12-5-3-4-11(8-12)9-21-15(24)10-22-16-13-6-1-2-7-14(13)27(25,26)23-16/h1-8H,9-10H2,(H,21,24)(H,22,23). The second-order valence-electron chi connectivity index (χ2n) is 5.74. The number of aliphatic imine (C=N–C) groups is 1. The van der Waals surface area contributed by atoms with E-state index in [1.807, 2.05) is 0 Å². The van der Waals surface area contributed by atoms with E-state index >= 15 is 0 Å². The zero-order valence-corrected chi connectivity index (χ0v) is 14.6. The van der Waals surface area contributed by atoms with Crippen LogP contribution in [0.25, 0.3) is 0 Å². The molecule has 0 aliphatic carbocycles. The molecule has 1 heterocycles. The predicted octanol–water partition coefficient (Wildman–Crippen LogP) is 2.06. The molecule has 2 N–H and O–H groups in total. The molecule has 1 aliphatic heterocycles. The molecule has 2 aromatic carbocycles. The van der Waals surface area contributed by atoms with E-state index in [0.29, 0.717) is 5.56 Å². The van der Waals surface area contributed by atoms with Crippen molar-refractivity contribution in [1.82, 2.24) is 10.0 Å². The summed E-state index contributed by atoms with van der Waals surface area (Å²) in [5.74, 6) is -0.497. The van der Waals surface area contributed by atoms with Gasteiger partial charge in [-0.2, -0.15) is 13.2 Å². The minimum Gasteiger partial charge on any atom is -0.350 e. The summed E-state index contributed by atoms with van der Waals surface area (Å²) in [5, 5.41) is 2.46. The molecule has 1 aliphatic rings. The number of halogens is 3. The Labute approximate surface area is 153 Å². The Balaban J connectivity index is 1.64. The summed E-state index contributed by atoms with van der Waals surface area (Å²) < 4.78 is 64.2. The molecule has 0 unspecified atom stereocenters. The third-order valence-electron chi connectivity index (χ3n) is 3.79. The SMILES string of the molecule is O=C(CN=C1NS(=O)(=O)c2ccccc21)NCc1cccc(C(F)(F)F)c1. The van der Waals surface area contributed by atoms with Crippen molar-refractivity contribution < 1.29 is 26.4 Å². The van der Waals surface area contributed by atoms with Crippen LogP contribution in [-0.2, 0) is 27.5 Å². The van der Waals surface area contributed by atoms with Gasteiger partial charge in [-0.1, -0.05) is 24.3 Å². The highest BCUT2D eigenvalue weighted by Crippen LogP contribution is 2.29. The Bertz CT molecular complexity index is 1020. The maximum absolute atomic E-state index is 12.7. The van der Waals surface area contributed by atoms with Crippen LogP contribution in [0.5, 0.6) is 0 Å². The van der Waals surface area contributed by atoms with Crippen molar-refractivity contribution in [2.24, 2.45) is 4.99 Å². The van der Waals surface area contributed by atoms with Gasteiger partial charge in [-0.25, -0.2) is 8.42 Å². The van der Waals surface area contributed by atoms with Gasteiger partial charge in [0.1, 0.15) is 12.4 Å². The maximum atomic E-state index is 12.7. The Morgan fingerprint density at radius 3 is 2.59 bits per heavy atom. The molecular weight excluding hydrogens is 383 g/mol. The predicted molar refractivity (Wildman–Crippen MR) is 91.5 cm³/mol. The Kier molecular flexibility index (Phi) is 4.92. The van der Waals surface area contributed by atoms with Crippen LogP contribution in [0.4, 0.5) is 13.2 Å². The molecule has 0 spiro atoms. The highest BCUT2D eigenvalue weighted by atomic mass is 32.2. The van der Waals surface area contributed by atoms with Crippen LogP contribution in [0, 0.1) is 0 Å². The first-order chi connectivity index (χ1) is 12.7. The van der Waals surface area contributed by atoms with Crippen LogP contribution in [0.3, 0.4) is 0 Å². The number of alkyl halides is 3. The summed E-state index contributed by atoms with van der Waals surface area (Å²) >= 11 is 0. The van der Waals surface area contributed by atoms with E-state index in [1.54, 1.807) is 18.2 Å². The monoisotopic (exact) mass is 397 g/mol. The topological polar surface area (TPSA) is 87.6 Å². The first-order valence-electron chi connectivity index (χ1n) is 7.76. The van der Waals surface area contributed by atoms with Gasteiger partial charge in [-0.05, 0) is 29.8 Å². The van der Waals surface area contributed by atoms with E-state index in [2.05, 4.69) is 15.0 Å². The van der Waals surface area contributed by atoms with Gasteiger partial charge >= 0.3 is 6.18 Å². The van der Waals surface area contributed by atoms with Crippen molar-refractivity contribution >= 4 is 21.8 Å². The lowest BCUT2D eigenvalue weighted by atomic mass is 10.1. The smallest absolute Gasteiger partial charge is 0.350 e. The number of sulfonamides is 1. The van der Waals surface area contributed by atoms with Crippen LogP contribution in [0.1, 0.15) is 16.7 Å². The molecule has 0 saturated heterocycles. The minimum absolute atomic E-state index is 0.0554. The molecule has 0 aromatic heterocycles. The number of carbonyl (C=O) groups excluding carboxylic acids is 1. The van der Waals surface area contributed by atoms with Crippen molar-refractivity contribution in [2.75, 3.05) is 6.54 Å². The van der Waals surface area contributed by atoms with Gasteiger partial charge in [0.2, 0.25) is 5.91 Å². The number of rotatable bonds is 4. The third kappa shape index (κ3) is 4.27. The molecule has 6 nitrogen and oxygen atoms in total. The lowest BCUT2D eigenvalue weighted by Crippen LogP contribution is -2.28. The normalized spacial score (nSPS) is 16.6. The lowest BCUT2D eigenvalue weighted by Gasteiger charge is -2.09. The van der Waals surface area contributed by atoms with Crippen molar-refractivity contribution in [3.8, 4) is 0 Å². The minimum atomic E-state index is -4.46. The summed E-state index contributed by atoms with van der Waals surface area (Å²) in [6, 6.07) is 10.8. The Morgan fingerprint density at radius 1 is 1.11 bits per heavy atom.